The Bertz CT molecular complexity index is 1250. The van der Waals surface area contributed by atoms with Crippen molar-refractivity contribution in [1.29, 1.82) is 0 Å². The maximum Gasteiger partial charge on any atom is 0.262 e. The molecule has 0 unspecified atom stereocenters. The van der Waals surface area contributed by atoms with Crippen LogP contribution in [0.3, 0.4) is 0 Å². The molecule has 0 aliphatic rings. The van der Waals surface area contributed by atoms with E-state index in [4.69, 9.17) is 0 Å². The van der Waals surface area contributed by atoms with E-state index in [1.54, 1.807) is 6.20 Å². The van der Waals surface area contributed by atoms with Gasteiger partial charge >= 0.3 is 0 Å². The van der Waals surface area contributed by atoms with E-state index in [0.29, 0.717) is 24.9 Å². The van der Waals surface area contributed by atoms with Gasteiger partial charge in [0.2, 0.25) is 5.91 Å². The highest BCUT2D eigenvalue weighted by Crippen LogP contribution is 2.25. The quantitative estimate of drug-likeness (QED) is 0.533. The van der Waals surface area contributed by atoms with Gasteiger partial charge in [0, 0.05) is 36.0 Å². The summed E-state index contributed by atoms with van der Waals surface area (Å²) in [5.41, 5.74) is 2.98. The van der Waals surface area contributed by atoms with Crippen LogP contribution in [0.5, 0.6) is 0 Å². The summed E-state index contributed by atoms with van der Waals surface area (Å²) >= 11 is 1.53. The molecule has 0 saturated heterocycles. The topological polar surface area (TPSA) is 76.9 Å². The molecule has 3 heterocycles. The molecular formula is C22H22N4O2S. The van der Waals surface area contributed by atoms with Crippen LogP contribution >= 0.6 is 11.3 Å². The van der Waals surface area contributed by atoms with Crippen LogP contribution in [0.1, 0.15) is 22.4 Å². The minimum Gasteiger partial charge on any atom is -0.356 e. The molecule has 7 heteroatoms. The molecule has 1 aromatic carbocycles. The van der Waals surface area contributed by atoms with Gasteiger partial charge in [-0.15, -0.1) is 11.3 Å². The summed E-state index contributed by atoms with van der Waals surface area (Å²) in [6, 6.07) is 10.0. The Balaban J connectivity index is 1.36. The van der Waals surface area contributed by atoms with Crippen molar-refractivity contribution in [2.24, 2.45) is 0 Å². The average Bonchev–Trinajstić information content (AvgIpc) is 3.02. The molecule has 6 nitrogen and oxygen atoms in total. The van der Waals surface area contributed by atoms with Gasteiger partial charge in [0.15, 0.2) is 0 Å². The summed E-state index contributed by atoms with van der Waals surface area (Å²) < 4.78 is 1.52. The van der Waals surface area contributed by atoms with E-state index in [0.717, 1.165) is 31.7 Å². The molecule has 0 aliphatic carbocycles. The zero-order valence-corrected chi connectivity index (χ0v) is 17.3. The number of fused-ring (bicyclic) bond motifs is 2. The van der Waals surface area contributed by atoms with Crippen LogP contribution in [0.4, 0.5) is 0 Å². The van der Waals surface area contributed by atoms with Crippen molar-refractivity contribution in [3.63, 3.8) is 0 Å². The normalized spacial score (nSPS) is 11.2. The van der Waals surface area contributed by atoms with Gasteiger partial charge in [-0.3, -0.25) is 19.1 Å². The predicted octanol–water partition coefficient (Wildman–Crippen LogP) is 3.37. The lowest BCUT2D eigenvalue weighted by atomic mass is 10.1. The fraction of sp³-hybridized carbons (Fsp3) is 0.273. The third kappa shape index (κ3) is 3.91. The second kappa shape index (κ2) is 8.13. The molecule has 0 bridgehead atoms. The summed E-state index contributed by atoms with van der Waals surface area (Å²) in [7, 11) is 0. The van der Waals surface area contributed by atoms with Crippen molar-refractivity contribution in [2.75, 3.05) is 6.54 Å². The number of aryl methyl sites for hydroxylation is 3. The second-order valence-electron chi connectivity index (χ2n) is 7.05. The molecule has 0 aliphatic heterocycles. The van der Waals surface area contributed by atoms with Gasteiger partial charge in [-0.05, 0) is 37.5 Å². The van der Waals surface area contributed by atoms with E-state index in [1.807, 2.05) is 44.2 Å². The lowest BCUT2D eigenvalue weighted by Crippen LogP contribution is -2.29. The van der Waals surface area contributed by atoms with Gasteiger partial charge < -0.3 is 5.32 Å². The van der Waals surface area contributed by atoms with Crippen molar-refractivity contribution in [3.8, 4) is 0 Å². The Kier molecular flexibility index (Phi) is 5.40. The number of nitrogens with zero attached hydrogens (tertiary/aromatic N) is 3. The van der Waals surface area contributed by atoms with Crippen LogP contribution in [0, 0.1) is 13.8 Å². The second-order valence-corrected chi connectivity index (χ2v) is 8.25. The molecule has 29 heavy (non-hydrogen) atoms. The number of carbonyl (C=O) groups excluding carboxylic acids is 1. The fourth-order valence-corrected chi connectivity index (χ4v) is 4.43. The monoisotopic (exact) mass is 406 g/mol. The zero-order valence-electron chi connectivity index (χ0n) is 16.4. The first kappa shape index (κ1) is 19.3. The minimum atomic E-state index is -0.0802. The van der Waals surface area contributed by atoms with Crippen LogP contribution in [0.25, 0.3) is 21.1 Å². The van der Waals surface area contributed by atoms with Gasteiger partial charge in [0.05, 0.1) is 17.2 Å². The number of para-hydroxylation sites is 1. The lowest BCUT2D eigenvalue weighted by Gasteiger charge is -2.08. The Morgan fingerprint density at radius 3 is 2.86 bits per heavy atom. The number of rotatable bonds is 6. The Labute approximate surface area is 172 Å². The molecule has 0 saturated carbocycles. The highest BCUT2D eigenvalue weighted by atomic mass is 32.1. The van der Waals surface area contributed by atoms with Crippen LogP contribution in [-0.4, -0.2) is 27.0 Å². The van der Waals surface area contributed by atoms with Crippen molar-refractivity contribution >= 4 is 38.4 Å². The fourth-order valence-electron chi connectivity index (χ4n) is 3.45. The molecule has 3 aromatic heterocycles. The van der Waals surface area contributed by atoms with Gasteiger partial charge in [0.1, 0.15) is 4.83 Å². The number of hydrogen-bond acceptors (Lipinski definition) is 5. The van der Waals surface area contributed by atoms with Crippen LogP contribution < -0.4 is 10.9 Å². The molecule has 0 radical (unpaired) electrons. The molecule has 4 rings (SSSR count). The third-order valence-corrected chi connectivity index (χ3v) is 6.28. The van der Waals surface area contributed by atoms with Crippen molar-refractivity contribution < 1.29 is 4.79 Å². The van der Waals surface area contributed by atoms with Crippen molar-refractivity contribution in [2.45, 2.75) is 33.2 Å². The van der Waals surface area contributed by atoms with E-state index in [-0.39, 0.29) is 17.9 Å². The standard InChI is InChI=1S/C22H22N4O2S/c1-14-15(2)29-21-19(14)22(28)26(13-25-21)12-9-18(27)23-11-8-17-6-3-5-16-7-4-10-24-20(16)17/h3-7,10,13H,8-9,11-12H2,1-2H3,(H,23,27). The van der Waals surface area contributed by atoms with E-state index in [2.05, 4.69) is 15.3 Å². The van der Waals surface area contributed by atoms with Gasteiger partial charge in [-0.2, -0.15) is 0 Å². The average molecular weight is 407 g/mol. The Morgan fingerprint density at radius 1 is 1.17 bits per heavy atom. The summed E-state index contributed by atoms with van der Waals surface area (Å²) in [4.78, 5) is 35.6. The number of benzene rings is 1. The summed E-state index contributed by atoms with van der Waals surface area (Å²) in [6.07, 6.45) is 4.27. The summed E-state index contributed by atoms with van der Waals surface area (Å²) in [6.45, 7) is 4.78. The Hall–Kier alpha value is -3.06. The minimum absolute atomic E-state index is 0.0773. The van der Waals surface area contributed by atoms with E-state index < -0.39 is 0 Å². The predicted molar refractivity (Wildman–Crippen MR) is 116 cm³/mol. The first-order valence-corrected chi connectivity index (χ1v) is 10.4. The first-order valence-electron chi connectivity index (χ1n) is 9.59. The van der Waals surface area contributed by atoms with Crippen molar-refractivity contribution in [3.05, 3.63) is 69.2 Å². The van der Waals surface area contributed by atoms with Gasteiger partial charge in [-0.25, -0.2) is 4.98 Å². The number of pyridine rings is 1. The van der Waals surface area contributed by atoms with E-state index >= 15 is 0 Å². The lowest BCUT2D eigenvalue weighted by molar-refractivity contribution is -0.121. The number of aromatic nitrogens is 3. The smallest absolute Gasteiger partial charge is 0.262 e. The summed E-state index contributed by atoms with van der Waals surface area (Å²) in [5, 5.41) is 4.70. The molecule has 0 atom stereocenters. The molecule has 0 spiro atoms. The largest absolute Gasteiger partial charge is 0.356 e. The number of hydrogen-bond donors (Lipinski definition) is 1. The van der Waals surface area contributed by atoms with Gasteiger partial charge in [0.25, 0.3) is 5.56 Å². The van der Waals surface area contributed by atoms with E-state index in [9.17, 15) is 9.59 Å². The van der Waals surface area contributed by atoms with Crippen LogP contribution in [0.2, 0.25) is 0 Å². The third-order valence-electron chi connectivity index (χ3n) is 5.17. The van der Waals surface area contributed by atoms with Crippen LogP contribution in [-0.2, 0) is 17.8 Å². The number of amides is 1. The Morgan fingerprint density at radius 2 is 2.00 bits per heavy atom. The number of carbonyl (C=O) groups is 1. The maximum absolute atomic E-state index is 12.7. The van der Waals surface area contributed by atoms with Crippen molar-refractivity contribution in [1.82, 2.24) is 19.9 Å². The highest BCUT2D eigenvalue weighted by Gasteiger charge is 2.12. The molecule has 4 aromatic rings. The molecule has 1 amide bonds. The molecular weight excluding hydrogens is 384 g/mol. The molecule has 0 fully saturated rings. The highest BCUT2D eigenvalue weighted by molar-refractivity contribution is 7.18. The summed E-state index contributed by atoms with van der Waals surface area (Å²) in [5.74, 6) is -0.0802. The number of thiophene rings is 1. The maximum atomic E-state index is 12.7. The van der Waals surface area contributed by atoms with E-state index in [1.165, 1.54) is 22.2 Å². The molecule has 148 valence electrons. The zero-order chi connectivity index (χ0) is 20.4. The molecule has 1 N–H and O–H groups in total. The first-order chi connectivity index (χ1) is 14.0. The van der Waals surface area contributed by atoms with Crippen LogP contribution in [0.15, 0.2) is 47.7 Å². The van der Waals surface area contributed by atoms with Gasteiger partial charge in [-0.1, -0.05) is 24.3 Å². The SMILES string of the molecule is Cc1sc2ncn(CCC(=O)NCCc3cccc4cccnc34)c(=O)c2c1C. The number of nitrogens with one attached hydrogen (secondary N) is 1.